The van der Waals surface area contributed by atoms with Crippen molar-refractivity contribution >= 4 is 16.3 Å². The monoisotopic (exact) mass is 301 g/mol. The highest BCUT2D eigenvalue weighted by molar-refractivity contribution is 7.15. The van der Waals surface area contributed by atoms with Crippen LogP contribution in [-0.4, -0.2) is 22.6 Å². The summed E-state index contributed by atoms with van der Waals surface area (Å²) in [6, 6.07) is 5.79. The van der Waals surface area contributed by atoms with Gasteiger partial charge in [0.2, 0.25) is 0 Å². The number of imidazole rings is 1. The molecule has 1 atom stereocenters. The smallest absolute Gasteiger partial charge is 0.193 e. The topological polar surface area (TPSA) is 61.8 Å². The number of ether oxygens (including phenoxy) is 2. The van der Waals surface area contributed by atoms with Crippen LogP contribution in [0, 0.1) is 0 Å². The zero-order valence-corrected chi connectivity index (χ0v) is 12.2. The lowest BCUT2D eigenvalue weighted by Crippen LogP contribution is -2.17. The van der Waals surface area contributed by atoms with Gasteiger partial charge in [-0.2, -0.15) is 0 Å². The van der Waals surface area contributed by atoms with E-state index in [4.69, 9.17) is 15.2 Å². The summed E-state index contributed by atoms with van der Waals surface area (Å²) in [5.41, 5.74) is 8.35. The minimum atomic E-state index is -0.106. The third-order valence-electron chi connectivity index (χ3n) is 3.57. The fraction of sp³-hybridized carbons (Fsp3) is 0.267. The average Bonchev–Trinajstić information content (AvgIpc) is 3.08. The highest BCUT2D eigenvalue weighted by Gasteiger charge is 2.16. The number of thiazole rings is 1. The van der Waals surface area contributed by atoms with Gasteiger partial charge >= 0.3 is 0 Å². The second-order valence-corrected chi connectivity index (χ2v) is 5.91. The predicted octanol–water partition coefficient (Wildman–Crippen LogP) is 2.41. The third-order valence-corrected chi connectivity index (χ3v) is 4.34. The van der Waals surface area contributed by atoms with Crippen molar-refractivity contribution in [3.8, 4) is 11.5 Å². The van der Waals surface area contributed by atoms with E-state index in [1.165, 1.54) is 0 Å². The first-order valence-corrected chi connectivity index (χ1v) is 7.74. The molecule has 0 radical (unpaired) electrons. The number of aromatic nitrogens is 2. The molecule has 5 nitrogen and oxygen atoms in total. The molecular formula is C15H15N3O2S. The molecule has 2 N–H and O–H groups in total. The van der Waals surface area contributed by atoms with Crippen LogP contribution in [0.1, 0.15) is 17.3 Å². The maximum absolute atomic E-state index is 6.31. The Hall–Kier alpha value is -2.05. The quantitative estimate of drug-likeness (QED) is 0.807. The summed E-state index contributed by atoms with van der Waals surface area (Å²) >= 11 is 1.62. The zero-order chi connectivity index (χ0) is 14.2. The van der Waals surface area contributed by atoms with E-state index in [9.17, 15) is 0 Å². The fourth-order valence-electron chi connectivity index (χ4n) is 2.51. The van der Waals surface area contributed by atoms with E-state index in [2.05, 4.69) is 4.98 Å². The molecule has 1 aliphatic rings. The highest BCUT2D eigenvalue weighted by atomic mass is 32.1. The summed E-state index contributed by atoms with van der Waals surface area (Å²) in [4.78, 5) is 5.57. The van der Waals surface area contributed by atoms with Crippen molar-refractivity contribution in [1.82, 2.24) is 9.38 Å². The molecule has 21 heavy (non-hydrogen) atoms. The Morgan fingerprint density at radius 2 is 2.14 bits per heavy atom. The van der Waals surface area contributed by atoms with E-state index in [-0.39, 0.29) is 6.04 Å². The molecule has 0 saturated heterocycles. The normalized spacial score (nSPS) is 15.3. The number of fused-ring (bicyclic) bond motifs is 2. The van der Waals surface area contributed by atoms with Gasteiger partial charge in [-0.05, 0) is 17.7 Å². The number of hydrogen-bond donors (Lipinski definition) is 1. The molecule has 0 amide bonds. The first-order chi connectivity index (χ1) is 10.3. The second kappa shape index (κ2) is 5.05. The van der Waals surface area contributed by atoms with Gasteiger partial charge in [-0.15, -0.1) is 11.3 Å². The van der Waals surface area contributed by atoms with E-state index in [1.807, 2.05) is 40.4 Å². The minimum absolute atomic E-state index is 0.106. The number of nitrogens with two attached hydrogens (primary N) is 1. The summed E-state index contributed by atoms with van der Waals surface area (Å²) < 4.78 is 13.2. The molecule has 1 unspecified atom stereocenters. The van der Waals surface area contributed by atoms with E-state index in [1.54, 1.807) is 11.3 Å². The van der Waals surface area contributed by atoms with Crippen molar-refractivity contribution in [3.05, 3.63) is 47.2 Å². The van der Waals surface area contributed by atoms with Crippen LogP contribution in [0.4, 0.5) is 0 Å². The van der Waals surface area contributed by atoms with Crippen LogP contribution in [0.15, 0.2) is 36.0 Å². The Morgan fingerprint density at radius 3 is 3.00 bits per heavy atom. The first kappa shape index (κ1) is 12.7. The van der Waals surface area contributed by atoms with Crippen molar-refractivity contribution in [2.45, 2.75) is 12.5 Å². The Bertz CT molecular complexity index is 752. The zero-order valence-electron chi connectivity index (χ0n) is 11.4. The van der Waals surface area contributed by atoms with Crippen LogP contribution in [0.25, 0.3) is 4.96 Å². The van der Waals surface area contributed by atoms with E-state index >= 15 is 0 Å². The van der Waals surface area contributed by atoms with Gasteiger partial charge in [0.1, 0.15) is 13.2 Å². The van der Waals surface area contributed by atoms with Crippen LogP contribution >= 0.6 is 11.3 Å². The molecule has 6 heteroatoms. The van der Waals surface area contributed by atoms with Crippen molar-refractivity contribution in [2.75, 3.05) is 13.2 Å². The molecule has 0 fully saturated rings. The standard InChI is InChI=1S/C15H15N3O2S/c16-12(8-11-9-18-3-6-21-15(18)17-11)10-1-2-13-14(7-10)20-5-4-19-13/h1-3,6-7,9,12H,4-5,8,16H2. The van der Waals surface area contributed by atoms with Gasteiger partial charge in [0.05, 0.1) is 5.69 Å². The Labute approximate surface area is 125 Å². The van der Waals surface area contributed by atoms with Crippen LogP contribution in [0.2, 0.25) is 0 Å². The van der Waals surface area contributed by atoms with Gasteiger partial charge in [-0.1, -0.05) is 6.07 Å². The average molecular weight is 301 g/mol. The van der Waals surface area contributed by atoms with Gasteiger partial charge in [0, 0.05) is 30.2 Å². The third kappa shape index (κ3) is 2.36. The Kier molecular flexibility index (Phi) is 3.05. The lowest BCUT2D eigenvalue weighted by molar-refractivity contribution is 0.171. The maximum Gasteiger partial charge on any atom is 0.193 e. The van der Waals surface area contributed by atoms with Gasteiger partial charge in [0.25, 0.3) is 0 Å². The highest BCUT2D eigenvalue weighted by Crippen LogP contribution is 2.32. The van der Waals surface area contributed by atoms with Gasteiger partial charge in [0.15, 0.2) is 16.5 Å². The van der Waals surface area contributed by atoms with Crippen molar-refractivity contribution in [2.24, 2.45) is 5.73 Å². The van der Waals surface area contributed by atoms with Crippen LogP contribution in [-0.2, 0) is 6.42 Å². The van der Waals surface area contributed by atoms with Gasteiger partial charge in [-0.3, -0.25) is 4.40 Å². The molecule has 0 aliphatic carbocycles. The maximum atomic E-state index is 6.31. The van der Waals surface area contributed by atoms with E-state index in [0.29, 0.717) is 19.6 Å². The number of benzene rings is 1. The summed E-state index contributed by atoms with van der Waals surface area (Å²) in [6.45, 7) is 1.19. The summed E-state index contributed by atoms with van der Waals surface area (Å²) in [5, 5.41) is 2.02. The molecule has 0 spiro atoms. The van der Waals surface area contributed by atoms with Crippen molar-refractivity contribution in [1.29, 1.82) is 0 Å². The molecule has 108 valence electrons. The SMILES string of the molecule is NC(Cc1cn2ccsc2n1)c1ccc2c(c1)OCCO2. The summed E-state index contributed by atoms with van der Waals surface area (Å²) in [5.74, 6) is 1.57. The number of hydrogen-bond acceptors (Lipinski definition) is 5. The Balaban J connectivity index is 1.56. The minimum Gasteiger partial charge on any atom is -0.486 e. The fourth-order valence-corrected chi connectivity index (χ4v) is 3.23. The Morgan fingerprint density at radius 1 is 1.29 bits per heavy atom. The van der Waals surface area contributed by atoms with E-state index in [0.717, 1.165) is 27.7 Å². The molecule has 4 rings (SSSR count). The van der Waals surface area contributed by atoms with Crippen LogP contribution in [0.5, 0.6) is 11.5 Å². The molecule has 3 aromatic rings. The molecular weight excluding hydrogens is 286 g/mol. The molecule has 0 bridgehead atoms. The van der Waals surface area contributed by atoms with Crippen LogP contribution < -0.4 is 15.2 Å². The largest absolute Gasteiger partial charge is 0.486 e. The lowest BCUT2D eigenvalue weighted by atomic mass is 10.0. The lowest BCUT2D eigenvalue weighted by Gasteiger charge is -2.20. The number of rotatable bonds is 3. The van der Waals surface area contributed by atoms with Gasteiger partial charge in [-0.25, -0.2) is 4.98 Å². The number of nitrogens with zero attached hydrogens (tertiary/aromatic N) is 2. The second-order valence-electron chi connectivity index (χ2n) is 5.04. The molecule has 2 aromatic heterocycles. The first-order valence-electron chi connectivity index (χ1n) is 6.86. The predicted molar refractivity (Wildman–Crippen MR) is 81.1 cm³/mol. The molecule has 0 saturated carbocycles. The summed E-state index contributed by atoms with van der Waals surface area (Å²) in [7, 11) is 0. The van der Waals surface area contributed by atoms with Crippen molar-refractivity contribution in [3.63, 3.8) is 0 Å². The van der Waals surface area contributed by atoms with Crippen molar-refractivity contribution < 1.29 is 9.47 Å². The molecule has 1 aromatic carbocycles. The van der Waals surface area contributed by atoms with Gasteiger partial charge < -0.3 is 15.2 Å². The molecule has 3 heterocycles. The summed E-state index contributed by atoms with van der Waals surface area (Å²) in [6.07, 6.45) is 4.74. The van der Waals surface area contributed by atoms with E-state index < -0.39 is 0 Å². The molecule has 1 aliphatic heterocycles. The van der Waals surface area contributed by atoms with Crippen LogP contribution in [0.3, 0.4) is 0 Å².